The van der Waals surface area contributed by atoms with Gasteiger partial charge < -0.3 is 10.6 Å². The molecule has 0 unspecified atom stereocenters. The Labute approximate surface area is 170 Å². The molecule has 1 heterocycles. The Kier molecular flexibility index (Phi) is 5.58. The molecule has 3 aromatic carbocycles. The highest BCUT2D eigenvalue weighted by molar-refractivity contribution is 5.95. The Balaban J connectivity index is 1.35. The molecule has 4 rings (SSSR count). The number of hydrogen-bond donors (Lipinski definition) is 1. The molecule has 1 fully saturated rings. The molecule has 2 N–H and O–H groups in total. The predicted octanol–water partition coefficient (Wildman–Crippen LogP) is 3.92. The zero-order valence-electron chi connectivity index (χ0n) is 16.2. The second-order valence-electron chi connectivity index (χ2n) is 7.39. The van der Waals surface area contributed by atoms with E-state index in [4.69, 9.17) is 5.73 Å². The summed E-state index contributed by atoms with van der Waals surface area (Å²) in [6, 6.07) is 18.6. The first-order chi connectivity index (χ1) is 14.1. The summed E-state index contributed by atoms with van der Waals surface area (Å²) in [5, 5.41) is 2.19. The first-order valence-electron chi connectivity index (χ1n) is 9.80. The lowest BCUT2D eigenvalue weighted by molar-refractivity contribution is -0.127. The van der Waals surface area contributed by atoms with Crippen LogP contribution in [-0.2, 0) is 11.3 Å². The summed E-state index contributed by atoms with van der Waals surface area (Å²) in [6.07, 6.45) is 3.41. The number of nitrogens with two attached hydrogens (primary N) is 1. The van der Waals surface area contributed by atoms with Crippen molar-refractivity contribution in [1.29, 1.82) is 0 Å². The molecular formula is C24H24FN3O. The molecule has 1 aliphatic rings. The zero-order chi connectivity index (χ0) is 20.2. The van der Waals surface area contributed by atoms with Crippen LogP contribution >= 0.6 is 0 Å². The van der Waals surface area contributed by atoms with E-state index in [-0.39, 0.29) is 11.7 Å². The lowest BCUT2D eigenvalue weighted by atomic mass is 10.0. The van der Waals surface area contributed by atoms with E-state index < -0.39 is 0 Å². The van der Waals surface area contributed by atoms with Gasteiger partial charge in [-0.2, -0.15) is 0 Å². The number of anilines is 1. The molecule has 0 atom stereocenters. The van der Waals surface area contributed by atoms with Gasteiger partial charge in [0.2, 0.25) is 5.91 Å². The molecule has 1 saturated heterocycles. The first-order valence-corrected chi connectivity index (χ1v) is 9.80. The van der Waals surface area contributed by atoms with Crippen LogP contribution in [-0.4, -0.2) is 41.9 Å². The van der Waals surface area contributed by atoms with E-state index in [0.29, 0.717) is 18.8 Å². The summed E-state index contributed by atoms with van der Waals surface area (Å²) in [5.74, 6) is -0.220. The molecule has 29 heavy (non-hydrogen) atoms. The standard InChI is InChI=1S/C24H24FN3O/c25-22-8-5-18(6-9-22)17-27-11-13-28(14-12-27)24(29)10-7-21-15-19-3-1-2-4-20(19)16-23(21)26/h1-10,15-16H,11-14,17,26H2/b10-7+. The van der Waals surface area contributed by atoms with Crippen molar-refractivity contribution in [2.75, 3.05) is 31.9 Å². The zero-order valence-corrected chi connectivity index (χ0v) is 16.2. The van der Waals surface area contributed by atoms with E-state index in [1.807, 2.05) is 53.4 Å². The summed E-state index contributed by atoms with van der Waals surface area (Å²) in [5.41, 5.74) is 8.74. The SMILES string of the molecule is Nc1cc2ccccc2cc1/C=C/C(=O)N1CCN(Cc2ccc(F)cc2)CC1. The van der Waals surface area contributed by atoms with Crippen molar-refractivity contribution in [3.8, 4) is 0 Å². The number of carbonyl (C=O) groups is 1. The number of benzene rings is 3. The minimum absolute atomic E-state index is 0.000934. The molecular weight excluding hydrogens is 365 g/mol. The van der Waals surface area contributed by atoms with Crippen molar-refractivity contribution in [2.24, 2.45) is 0 Å². The predicted molar refractivity (Wildman–Crippen MR) is 116 cm³/mol. The van der Waals surface area contributed by atoms with Crippen LogP contribution in [0.3, 0.4) is 0 Å². The number of carbonyl (C=O) groups excluding carboxylic acids is 1. The summed E-state index contributed by atoms with van der Waals surface area (Å²) in [6.45, 7) is 3.73. The Morgan fingerprint density at radius 3 is 2.31 bits per heavy atom. The number of hydrogen-bond acceptors (Lipinski definition) is 3. The number of fused-ring (bicyclic) bond motifs is 1. The number of piperazine rings is 1. The second kappa shape index (κ2) is 8.45. The van der Waals surface area contributed by atoms with Crippen LogP contribution in [0.25, 0.3) is 16.8 Å². The maximum absolute atomic E-state index is 13.0. The molecule has 0 radical (unpaired) electrons. The molecule has 148 valence electrons. The Bertz CT molecular complexity index is 1040. The van der Waals surface area contributed by atoms with Crippen molar-refractivity contribution in [1.82, 2.24) is 9.80 Å². The minimum atomic E-state index is -0.219. The molecule has 0 bridgehead atoms. The second-order valence-corrected chi connectivity index (χ2v) is 7.39. The monoisotopic (exact) mass is 389 g/mol. The number of rotatable bonds is 4. The van der Waals surface area contributed by atoms with Gasteiger partial charge in [-0.1, -0.05) is 36.4 Å². The number of nitrogens with zero attached hydrogens (tertiary/aromatic N) is 2. The Morgan fingerprint density at radius 2 is 1.62 bits per heavy atom. The largest absolute Gasteiger partial charge is 0.398 e. The lowest BCUT2D eigenvalue weighted by Gasteiger charge is -2.34. The number of nitrogen functional groups attached to an aromatic ring is 1. The van der Waals surface area contributed by atoms with E-state index in [1.165, 1.54) is 12.1 Å². The van der Waals surface area contributed by atoms with Crippen LogP contribution in [0.4, 0.5) is 10.1 Å². The van der Waals surface area contributed by atoms with E-state index in [9.17, 15) is 9.18 Å². The van der Waals surface area contributed by atoms with Gasteiger partial charge in [0.05, 0.1) is 0 Å². The Morgan fingerprint density at radius 1 is 0.966 bits per heavy atom. The van der Waals surface area contributed by atoms with Crippen molar-refractivity contribution in [2.45, 2.75) is 6.54 Å². The molecule has 0 aromatic heterocycles. The molecule has 1 amide bonds. The molecule has 1 aliphatic heterocycles. The third-order valence-corrected chi connectivity index (χ3v) is 5.36. The van der Waals surface area contributed by atoms with E-state index >= 15 is 0 Å². The van der Waals surface area contributed by atoms with Crippen LogP contribution in [0.15, 0.2) is 66.7 Å². The van der Waals surface area contributed by atoms with Crippen LogP contribution in [0.5, 0.6) is 0 Å². The maximum atomic E-state index is 13.0. The molecule has 0 saturated carbocycles. The molecule has 3 aromatic rings. The van der Waals surface area contributed by atoms with Gasteiger partial charge >= 0.3 is 0 Å². The van der Waals surface area contributed by atoms with Gasteiger partial charge in [0, 0.05) is 44.5 Å². The van der Waals surface area contributed by atoms with Gasteiger partial charge in [0.15, 0.2) is 0 Å². The van der Waals surface area contributed by atoms with Gasteiger partial charge in [-0.15, -0.1) is 0 Å². The van der Waals surface area contributed by atoms with E-state index in [0.717, 1.165) is 41.5 Å². The number of amides is 1. The van der Waals surface area contributed by atoms with Crippen molar-refractivity contribution in [3.63, 3.8) is 0 Å². The average Bonchev–Trinajstić information content (AvgIpc) is 2.74. The molecule has 0 aliphatic carbocycles. The topological polar surface area (TPSA) is 49.6 Å². The van der Waals surface area contributed by atoms with Crippen molar-refractivity contribution >= 4 is 28.4 Å². The lowest BCUT2D eigenvalue weighted by Crippen LogP contribution is -2.47. The van der Waals surface area contributed by atoms with Crippen LogP contribution in [0, 0.1) is 5.82 Å². The highest BCUT2D eigenvalue weighted by Crippen LogP contribution is 2.23. The third kappa shape index (κ3) is 4.63. The third-order valence-electron chi connectivity index (χ3n) is 5.36. The smallest absolute Gasteiger partial charge is 0.246 e. The normalized spacial score (nSPS) is 15.3. The fraction of sp³-hybridized carbons (Fsp3) is 0.208. The van der Waals surface area contributed by atoms with E-state index in [1.54, 1.807) is 12.2 Å². The van der Waals surface area contributed by atoms with Gasteiger partial charge in [0.1, 0.15) is 5.82 Å². The van der Waals surface area contributed by atoms with Crippen LogP contribution in [0.2, 0.25) is 0 Å². The van der Waals surface area contributed by atoms with Gasteiger partial charge in [-0.05, 0) is 52.2 Å². The fourth-order valence-corrected chi connectivity index (χ4v) is 3.66. The average molecular weight is 389 g/mol. The van der Waals surface area contributed by atoms with Gasteiger partial charge in [0.25, 0.3) is 0 Å². The van der Waals surface area contributed by atoms with E-state index in [2.05, 4.69) is 4.90 Å². The summed E-state index contributed by atoms with van der Waals surface area (Å²) in [7, 11) is 0. The molecule has 0 spiro atoms. The highest BCUT2D eigenvalue weighted by atomic mass is 19.1. The number of halogens is 1. The minimum Gasteiger partial charge on any atom is -0.398 e. The summed E-state index contributed by atoms with van der Waals surface area (Å²) in [4.78, 5) is 16.7. The quantitative estimate of drug-likeness (QED) is 0.544. The summed E-state index contributed by atoms with van der Waals surface area (Å²) < 4.78 is 13.0. The van der Waals surface area contributed by atoms with Gasteiger partial charge in [-0.3, -0.25) is 9.69 Å². The fourth-order valence-electron chi connectivity index (χ4n) is 3.66. The first kappa shape index (κ1) is 19.2. The van der Waals surface area contributed by atoms with Gasteiger partial charge in [-0.25, -0.2) is 4.39 Å². The van der Waals surface area contributed by atoms with Crippen LogP contribution < -0.4 is 5.73 Å². The molecule has 4 nitrogen and oxygen atoms in total. The maximum Gasteiger partial charge on any atom is 0.246 e. The molecule has 5 heteroatoms. The van der Waals surface area contributed by atoms with Crippen molar-refractivity contribution < 1.29 is 9.18 Å². The highest BCUT2D eigenvalue weighted by Gasteiger charge is 2.19. The van der Waals surface area contributed by atoms with Crippen molar-refractivity contribution in [3.05, 3.63) is 83.7 Å². The Hall–Kier alpha value is -3.18. The summed E-state index contributed by atoms with van der Waals surface area (Å²) >= 11 is 0. The van der Waals surface area contributed by atoms with Crippen LogP contribution in [0.1, 0.15) is 11.1 Å².